The first-order chi connectivity index (χ1) is 7.61. The minimum absolute atomic E-state index is 0.117. The fourth-order valence-corrected chi connectivity index (χ4v) is 4.61. The van der Waals surface area contributed by atoms with Crippen molar-refractivity contribution < 1.29 is 4.79 Å². The van der Waals surface area contributed by atoms with Gasteiger partial charge in [-0.15, -0.1) is 11.3 Å². The summed E-state index contributed by atoms with van der Waals surface area (Å²) in [7, 11) is 1.94. The molecule has 1 aromatic rings. The topological polar surface area (TPSA) is 32.3 Å². The predicted octanol–water partition coefficient (Wildman–Crippen LogP) is 2.71. The third kappa shape index (κ3) is 2.50. The summed E-state index contributed by atoms with van der Waals surface area (Å²) in [5.74, 6) is 0.117. The van der Waals surface area contributed by atoms with Crippen molar-refractivity contribution in [2.45, 2.75) is 12.5 Å². The van der Waals surface area contributed by atoms with E-state index in [2.05, 4.69) is 37.2 Å². The minimum atomic E-state index is 0.117. The van der Waals surface area contributed by atoms with Crippen LogP contribution in [0.1, 0.15) is 16.8 Å². The zero-order valence-corrected chi connectivity index (χ0v) is 12.8. The maximum atomic E-state index is 12.2. The monoisotopic (exact) mass is 366 g/mol. The largest absolute Gasteiger partial charge is 0.337 e. The van der Waals surface area contributed by atoms with Crippen LogP contribution in [0.2, 0.25) is 0 Å². The van der Waals surface area contributed by atoms with Gasteiger partial charge in [-0.2, -0.15) is 0 Å². The van der Waals surface area contributed by atoms with Crippen LogP contribution < -0.4 is 5.32 Å². The lowest BCUT2D eigenvalue weighted by molar-refractivity contribution is 0.0789. The Morgan fingerprint density at radius 2 is 2.38 bits per heavy atom. The van der Waals surface area contributed by atoms with Crippen LogP contribution in [0.25, 0.3) is 0 Å². The van der Waals surface area contributed by atoms with Gasteiger partial charge in [-0.25, -0.2) is 0 Å². The molecular weight excluding hydrogens is 356 g/mol. The smallest absolute Gasteiger partial charge is 0.255 e. The average molecular weight is 368 g/mol. The van der Waals surface area contributed by atoms with Gasteiger partial charge in [0.2, 0.25) is 0 Å². The van der Waals surface area contributed by atoms with Gasteiger partial charge in [-0.05, 0) is 51.4 Å². The Balaban J connectivity index is 2.11. The summed E-state index contributed by atoms with van der Waals surface area (Å²) in [5, 5.41) is 3.21. The lowest BCUT2D eigenvalue weighted by Gasteiger charge is -2.15. The van der Waals surface area contributed by atoms with Crippen molar-refractivity contribution in [1.29, 1.82) is 0 Å². The molecule has 1 aliphatic heterocycles. The van der Waals surface area contributed by atoms with Crippen molar-refractivity contribution >= 4 is 49.1 Å². The first kappa shape index (κ1) is 12.5. The van der Waals surface area contributed by atoms with Gasteiger partial charge in [-0.1, -0.05) is 0 Å². The maximum absolute atomic E-state index is 12.2. The maximum Gasteiger partial charge on any atom is 0.255 e. The summed E-state index contributed by atoms with van der Waals surface area (Å²) >= 11 is 8.35. The number of hydrogen-bond donors (Lipinski definition) is 1. The van der Waals surface area contributed by atoms with Crippen LogP contribution >= 0.6 is 43.2 Å². The Kier molecular flexibility index (Phi) is 4.05. The van der Waals surface area contributed by atoms with E-state index in [0.717, 1.165) is 32.6 Å². The fraction of sp³-hybridized carbons (Fsp3) is 0.500. The zero-order valence-electron chi connectivity index (χ0n) is 8.80. The molecular formula is C10H12Br2N2OS. The lowest BCUT2D eigenvalue weighted by Crippen LogP contribution is -2.33. The summed E-state index contributed by atoms with van der Waals surface area (Å²) in [6, 6.07) is 2.31. The van der Waals surface area contributed by atoms with E-state index in [1.807, 2.05) is 18.0 Å². The number of likely N-dealkylation sites (N-methyl/N-ethyl adjacent to an activating group) is 1. The Labute approximate surface area is 115 Å². The molecule has 0 aromatic carbocycles. The van der Waals surface area contributed by atoms with Crippen LogP contribution in [0.3, 0.4) is 0 Å². The molecule has 1 amide bonds. The standard InChI is InChI=1S/C10H12Br2N2OS/c1-13-6-2-3-14(5-6)10(15)7-4-8(11)16-9(7)12/h4,6,13H,2-3,5H2,1H3. The fourth-order valence-electron chi connectivity index (χ4n) is 1.84. The number of nitrogens with zero attached hydrogens (tertiary/aromatic N) is 1. The molecule has 3 nitrogen and oxygen atoms in total. The van der Waals surface area contributed by atoms with Crippen LogP contribution in [0.15, 0.2) is 13.6 Å². The van der Waals surface area contributed by atoms with E-state index >= 15 is 0 Å². The first-order valence-electron chi connectivity index (χ1n) is 5.03. The number of hydrogen-bond acceptors (Lipinski definition) is 3. The van der Waals surface area contributed by atoms with Crippen molar-refractivity contribution in [2.75, 3.05) is 20.1 Å². The third-order valence-corrected chi connectivity index (χ3v) is 5.11. The van der Waals surface area contributed by atoms with Gasteiger partial charge in [0.25, 0.3) is 5.91 Å². The lowest BCUT2D eigenvalue weighted by atomic mass is 10.3. The molecule has 1 aromatic heterocycles. The molecule has 1 atom stereocenters. The normalized spacial score (nSPS) is 20.4. The number of rotatable bonds is 2. The second-order valence-corrected chi connectivity index (χ2v) is 7.51. The van der Waals surface area contributed by atoms with Gasteiger partial charge in [0.15, 0.2) is 0 Å². The van der Waals surface area contributed by atoms with Gasteiger partial charge in [-0.3, -0.25) is 4.79 Å². The molecule has 6 heteroatoms. The predicted molar refractivity (Wildman–Crippen MR) is 73.1 cm³/mol. The number of carbonyl (C=O) groups is 1. The summed E-state index contributed by atoms with van der Waals surface area (Å²) in [4.78, 5) is 14.1. The second kappa shape index (κ2) is 5.16. The van der Waals surface area contributed by atoms with Crippen LogP contribution in [0.5, 0.6) is 0 Å². The molecule has 1 N–H and O–H groups in total. The molecule has 2 rings (SSSR count). The van der Waals surface area contributed by atoms with Crippen molar-refractivity contribution in [3.8, 4) is 0 Å². The number of thiophene rings is 1. The number of nitrogens with one attached hydrogen (secondary N) is 1. The summed E-state index contributed by atoms with van der Waals surface area (Å²) in [5.41, 5.74) is 0.758. The molecule has 1 saturated heterocycles. The van der Waals surface area contributed by atoms with E-state index in [1.54, 1.807) is 0 Å². The number of halogens is 2. The number of amides is 1. The van der Waals surface area contributed by atoms with E-state index in [0.29, 0.717) is 6.04 Å². The molecule has 0 spiro atoms. The summed E-state index contributed by atoms with van der Waals surface area (Å²) < 4.78 is 1.88. The van der Waals surface area contributed by atoms with Gasteiger partial charge < -0.3 is 10.2 Å². The van der Waals surface area contributed by atoms with E-state index in [9.17, 15) is 4.79 Å². The van der Waals surface area contributed by atoms with Crippen LogP contribution in [0.4, 0.5) is 0 Å². The molecule has 16 heavy (non-hydrogen) atoms. The first-order valence-corrected chi connectivity index (χ1v) is 7.43. The highest BCUT2D eigenvalue weighted by Gasteiger charge is 2.27. The van der Waals surface area contributed by atoms with Gasteiger partial charge in [0.1, 0.15) is 0 Å². The van der Waals surface area contributed by atoms with E-state index < -0.39 is 0 Å². The van der Waals surface area contributed by atoms with Crippen LogP contribution in [0, 0.1) is 0 Å². The molecule has 0 aliphatic carbocycles. The second-order valence-electron chi connectivity index (χ2n) is 3.76. The van der Waals surface area contributed by atoms with Crippen molar-refractivity contribution in [3.05, 3.63) is 19.2 Å². The SMILES string of the molecule is CNC1CCN(C(=O)c2cc(Br)sc2Br)C1. The van der Waals surface area contributed by atoms with E-state index in [4.69, 9.17) is 0 Å². The number of likely N-dealkylation sites (tertiary alicyclic amines) is 1. The van der Waals surface area contributed by atoms with Gasteiger partial charge in [0, 0.05) is 19.1 Å². The van der Waals surface area contributed by atoms with E-state index in [-0.39, 0.29) is 5.91 Å². The molecule has 1 aliphatic rings. The molecule has 1 fully saturated rings. The van der Waals surface area contributed by atoms with Crippen LogP contribution in [-0.4, -0.2) is 37.0 Å². The van der Waals surface area contributed by atoms with Gasteiger partial charge >= 0.3 is 0 Å². The van der Waals surface area contributed by atoms with E-state index in [1.165, 1.54) is 11.3 Å². The summed E-state index contributed by atoms with van der Waals surface area (Å²) in [6.45, 7) is 1.64. The molecule has 2 heterocycles. The highest BCUT2D eigenvalue weighted by atomic mass is 79.9. The quantitative estimate of drug-likeness (QED) is 0.871. The average Bonchev–Trinajstić information content (AvgIpc) is 2.84. The molecule has 0 saturated carbocycles. The van der Waals surface area contributed by atoms with Gasteiger partial charge in [0.05, 0.1) is 13.1 Å². The molecule has 1 unspecified atom stereocenters. The Hall–Kier alpha value is 0.0900. The van der Waals surface area contributed by atoms with Crippen molar-refractivity contribution in [1.82, 2.24) is 10.2 Å². The van der Waals surface area contributed by atoms with Crippen molar-refractivity contribution in [3.63, 3.8) is 0 Å². The van der Waals surface area contributed by atoms with Crippen LogP contribution in [-0.2, 0) is 0 Å². The Morgan fingerprint density at radius 1 is 1.62 bits per heavy atom. The molecule has 0 bridgehead atoms. The highest BCUT2D eigenvalue weighted by Crippen LogP contribution is 2.33. The Bertz CT molecular complexity index is 408. The van der Waals surface area contributed by atoms with Crippen molar-refractivity contribution in [2.24, 2.45) is 0 Å². The zero-order chi connectivity index (χ0) is 11.7. The molecule has 88 valence electrons. The highest BCUT2D eigenvalue weighted by molar-refractivity contribution is 9.12. The molecule has 0 radical (unpaired) electrons. The number of carbonyl (C=O) groups excluding carboxylic acids is 1. The minimum Gasteiger partial charge on any atom is -0.337 e. The summed E-state index contributed by atoms with van der Waals surface area (Å²) in [6.07, 6.45) is 1.03. The third-order valence-electron chi connectivity index (χ3n) is 2.77. The Morgan fingerprint density at radius 3 is 2.88 bits per heavy atom.